The number of halogens is 1. The van der Waals surface area contributed by atoms with Gasteiger partial charge in [-0.1, -0.05) is 6.92 Å². The quantitative estimate of drug-likeness (QED) is 0.557. The highest BCUT2D eigenvalue weighted by molar-refractivity contribution is 5.93. The molecule has 0 bridgehead atoms. The Morgan fingerprint density at radius 1 is 1.18 bits per heavy atom. The number of nitrogens with zero attached hydrogens (tertiary/aromatic N) is 8. The van der Waals surface area contributed by atoms with Gasteiger partial charge in [-0.05, 0) is 43.4 Å². The highest BCUT2D eigenvalue weighted by atomic mass is 19.1. The molecule has 9 nitrogen and oxygen atoms in total. The Bertz CT molecular complexity index is 1200. The van der Waals surface area contributed by atoms with Crippen molar-refractivity contribution in [1.29, 1.82) is 5.26 Å². The second-order valence-electron chi connectivity index (χ2n) is 8.69. The molecule has 1 amide bonds. The van der Waals surface area contributed by atoms with Crippen molar-refractivity contribution in [3.63, 3.8) is 0 Å². The number of anilines is 1. The number of amides is 1. The van der Waals surface area contributed by atoms with Crippen molar-refractivity contribution >= 4 is 11.9 Å². The maximum Gasteiger partial charge on any atom is 0.274 e. The van der Waals surface area contributed by atoms with E-state index in [1.807, 2.05) is 17.9 Å². The molecule has 0 spiro atoms. The van der Waals surface area contributed by atoms with Crippen LogP contribution < -0.4 is 4.90 Å². The number of piperidine rings is 1. The summed E-state index contributed by atoms with van der Waals surface area (Å²) in [5.74, 6) is 0.810. The van der Waals surface area contributed by atoms with Gasteiger partial charge in [0.25, 0.3) is 5.91 Å². The fraction of sp³-hybridized carbons (Fsp3) is 0.417. The van der Waals surface area contributed by atoms with Gasteiger partial charge >= 0.3 is 0 Å². The molecule has 2 fully saturated rings. The smallest absolute Gasteiger partial charge is 0.274 e. The van der Waals surface area contributed by atoms with E-state index in [0.717, 1.165) is 24.8 Å². The standard InChI is InChI=1S/C24H25FN8O/c1-2-16-10-28-24(29-11-16)31-8-7-21(19(25)13-31)33(18-4-5-18)23(34)20-14-32(15-30-20)22-6-3-17(9-26)12-27-22/h3,6,10-12,14-15,18-19,21H,2,4-5,7-8,13H2,1H3. The average Bonchev–Trinajstić information content (AvgIpc) is 3.59. The van der Waals surface area contributed by atoms with Crippen LogP contribution >= 0.6 is 0 Å². The van der Waals surface area contributed by atoms with E-state index in [-0.39, 0.29) is 24.2 Å². The summed E-state index contributed by atoms with van der Waals surface area (Å²) in [6, 6.07) is 4.90. The van der Waals surface area contributed by atoms with Gasteiger partial charge < -0.3 is 9.80 Å². The molecule has 0 aromatic carbocycles. The summed E-state index contributed by atoms with van der Waals surface area (Å²) in [4.78, 5) is 34.2. The zero-order valence-electron chi connectivity index (χ0n) is 18.9. The zero-order chi connectivity index (χ0) is 23.7. The molecule has 1 saturated carbocycles. The van der Waals surface area contributed by atoms with Crippen LogP contribution in [0.4, 0.5) is 10.3 Å². The SMILES string of the molecule is CCc1cnc(N2CCC(N(C(=O)c3cn(-c4ccc(C#N)cn4)cn3)C3CC3)C(F)C2)nc1. The minimum absolute atomic E-state index is 0.0422. The van der Waals surface area contributed by atoms with Crippen LogP contribution in [0, 0.1) is 11.3 Å². The Morgan fingerprint density at radius 2 is 1.97 bits per heavy atom. The molecular formula is C24H25FN8O. The zero-order valence-corrected chi connectivity index (χ0v) is 18.9. The minimum atomic E-state index is -1.21. The molecular weight excluding hydrogens is 435 g/mol. The van der Waals surface area contributed by atoms with Gasteiger partial charge in [0.2, 0.25) is 5.95 Å². The van der Waals surface area contributed by atoms with Crippen molar-refractivity contribution in [2.45, 2.75) is 50.9 Å². The molecule has 174 valence electrons. The second-order valence-corrected chi connectivity index (χ2v) is 8.69. The van der Waals surface area contributed by atoms with Crippen molar-refractivity contribution in [2.75, 3.05) is 18.0 Å². The number of aromatic nitrogens is 5. The van der Waals surface area contributed by atoms with Gasteiger partial charge in [-0.15, -0.1) is 0 Å². The molecule has 5 rings (SSSR count). The Balaban J connectivity index is 1.31. The number of pyridine rings is 1. The monoisotopic (exact) mass is 460 g/mol. The Kier molecular flexibility index (Phi) is 5.92. The van der Waals surface area contributed by atoms with Crippen LogP contribution in [0.1, 0.15) is 47.8 Å². The number of hydrogen-bond donors (Lipinski definition) is 0. The van der Waals surface area contributed by atoms with E-state index in [1.165, 1.54) is 12.5 Å². The van der Waals surface area contributed by atoms with Crippen LogP contribution in [0.15, 0.2) is 43.2 Å². The third-order valence-corrected chi connectivity index (χ3v) is 6.37. The fourth-order valence-corrected chi connectivity index (χ4v) is 4.32. The molecule has 3 aromatic rings. The average molecular weight is 461 g/mol. The lowest BCUT2D eigenvalue weighted by atomic mass is 10.0. The highest BCUT2D eigenvalue weighted by Crippen LogP contribution is 2.34. The topological polar surface area (TPSA) is 104 Å². The molecule has 2 unspecified atom stereocenters. The number of carbonyl (C=O) groups excluding carboxylic acids is 1. The lowest BCUT2D eigenvalue weighted by Crippen LogP contribution is -2.55. The van der Waals surface area contributed by atoms with Gasteiger partial charge in [0, 0.05) is 37.4 Å². The van der Waals surface area contributed by atoms with Crippen molar-refractivity contribution < 1.29 is 9.18 Å². The van der Waals surface area contributed by atoms with Crippen molar-refractivity contribution in [2.24, 2.45) is 0 Å². The van der Waals surface area contributed by atoms with Crippen LogP contribution in [0.5, 0.6) is 0 Å². The third kappa shape index (κ3) is 4.33. The largest absolute Gasteiger partial charge is 0.338 e. The first-order valence-electron chi connectivity index (χ1n) is 11.5. The Labute approximate surface area is 196 Å². The molecule has 2 atom stereocenters. The van der Waals surface area contributed by atoms with E-state index < -0.39 is 12.2 Å². The number of nitriles is 1. The maximum atomic E-state index is 15.4. The summed E-state index contributed by atoms with van der Waals surface area (Å²) in [6.07, 6.45) is 10.0. The number of carbonyl (C=O) groups is 1. The van der Waals surface area contributed by atoms with E-state index in [9.17, 15) is 4.79 Å². The van der Waals surface area contributed by atoms with Gasteiger partial charge in [0.15, 0.2) is 0 Å². The summed E-state index contributed by atoms with van der Waals surface area (Å²) in [5.41, 5.74) is 1.75. The Hall–Kier alpha value is -3.87. The Morgan fingerprint density at radius 3 is 2.59 bits per heavy atom. The summed E-state index contributed by atoms with van der Waals surface area (Å²) in [5, 5.41) is 8.94. The molecule has 2 aliphatic rings. The molecule has 3 aromatic heterocycles. The second kappa shape index (κ2) is 9.17. The first kappa shape index (κ1) is 21.9. The molecule has 1 saturated heterocycles. The van der Waals surface area contributed by atoms with Crippen LogP contribution in [-0.2, 0) is 6.42 Å². The number of rotatable bonds is 6. The van der Waals surface area contributed by atoms with Gasteiger partial charge in [0.05, 0.1) is 18.2 Å². The lowest BCUT2D eigenvalue weighted by Gasteiger charge is -2.40. The summed E-state index contributed by atoms with van der Waals surface area (Å²) >= 11 is 0. The molecule has 4 heterocycles. The summed E-state index contributed by atoms with van der Waals surface area (Å²) in [6.45, 7) is 2.77. The summed E-state index contributed by atoms with van der Waals surface area (Å²) in [7, 11) is 0. The van der Waals surface area contributed by atoms with E-state index in [4.69, 9.17) is 5.26 Å². The van der Waals surface area contributed by atoms with Crippen LogP contribution in [-0.4, -0.2) is 66.7 Å². The van der Waals surface area contributed by atoms with Gasteiger partial charge in [-0.2, -0.15) is 5.26 Å². The fourth-order valence-electron chi connectivity index (χ4n) is 4.32. The summed E-state index contributed by atoms with van der Waals surface area (Å²) < 4.78 is 17.1. The van der Waals surface area contributed by atoms with Crippen molar-refractivity contribution in [1.82, 2.24) is 29.4 Å². The number of imidazole rings is 1. The van der Waals surface area contributed by atoms with Crippen LogP contribution in [0.25, 0.3) is 5.82 Å². The third-order valence-electron chi connectivity index (χ3n) is 6.37. The van der Waals surface area contributed by atoms with E-state index in [0.29, 0.717) is 30.3 Å². The molecule has 1 aliphatic carbocycles. The normalized spacial score (nSPS) is 20.1. The van der Waals surface area contributed by atoms with Crippen LogP contribution in [0.3, 0.4) is 0 Å². The highest BCUT2D eigenvalue weighted by Gasteiger charge is 2.44. The predicted octanol–water partition coefficient (Wildman–Crippen LogP) is 2.71. The predicted molar refractivity (Wildman–Crippen MR) is 122 cm³/mol. The first-order valence-corrected chi connectivity index (χ1v) is 11.5. The number of aryl methyl sites for hydroxylation is 1. The van der Waals surface area contributed by atoms with Crippen molar-refractivity contribution in [3.8, 4) is 11.9 Å². The van der Waals surface area contributed by atoms with Gasteiger partial charge in [0.1, 0.15) is 30.1 Å². The molecule has 0 N–H and O–H groups in total. The minimum Gasteiger partial charge on any atom is -0.338 e. The van der Waals surface area contributed by atoms with Gasteiger partial charge in [-0.25, -0.2) is 24.3 Å². The van der Waals surface area contributed by atoms with E-state index >= 15 is 4.39 Å². The number of alkyl halides is 1. The molecule has 34 heavy (non-hydrogen) atoms. The van der Waals surface area contributed by atoms with Gasteiger partial charge in [-0.3, -0.25) is 9.36 Å². The van der Waals surface area contributed by atoms with E-state index in [1.54, 1.807) is 40.2 Å². The molecule has 0 radical (unpaired) electrons. The molecule has 1 aliphatic heterocycles. The van der Waals surface area contributed by atoms with Crippen molar-refractivity contribution in [3.05, 3.63) is 60.1 Å². The van der Waals surface area contributed by atoms with E-state index in [2.05, 4.69) is 19.9 Å². The number of hydrogen-bond acceptors (Lipinski definition) is 7. The molecule has 10 heteroatoms. The lowest BCUT2D eigenvalue weighted by molar-refractivity contribution is 0.0481. The first-order chi connectivity index (χ1) is 16.6. The maximum absolute atomic E-state index is 15.4. The van der Waals surface area contributed by atoms with Crippen LogP contribution in [0.2, 0.25) is 0 Å².